The molecule has 2 atom stereocenters. The number of hydrogen-bond acceptors (Lipinski definition) is 2. The van der Waals surface area contributed by atoms with E-state index in [1.54, 1.807) is 0 Å². The van der Waals surface area contributed by atoms with Gasteiger partial charge in [0, 0.05) is 32.1 Å². The van der Waals surface area contributed by atoms with Crippen LogP contribution in [0.2, 0.25) is 0 Å². The summed E-state index contributed by atoms with van der Waals surface area (Å²) in [5.74, 6) is 0.233. The van der Waals surface area contributed by atoms with E-state index in [1.807, 2.05) is 11.0 Å². The fourth-order valence-electron chi connectivity index (χ4n) is 3.31. The van der Waals surface area contributed by atoms with E-state index < -0.39 is 0 Å². The van der Waals surface area contributed by atoms with Gasteiger partial charge in [0.15, 0.2) is 0 Å². The summed E-state index contributed by atoms with van der Waals surface area (Å²) in [6, 6.07) is 10.9. The minimum Gasteiger partial charge on any atom is -0.337 e. The molecule has 2 aliphatic rings. The van der Waals surface area contributed by atoms with E-state index in [4.69, 9.17) is 11.6 Å². The minimum atomic E-state index is 0.00648. The van der Waals surface area contributed by atoms with Crippen LogP contribution in [0, 0.1) is 0 Å². The quantitative estimate of drug-likeness (QED) is 0.799. The van der Waals surface area contributed by atoms with Gasteiger partial charge >= 0.3 is 0 Å². The van der Waals surface area contributed by atoms with Crippen molar-refractivity contribution in [3.63, 3.8) is 0 Å². The lowest BCUT2D eigenvalue weighted by molar-refractivity contribution is -0.130. The van der Waals surface area contributed by atoms with Crippen molar-refractivity contribution >= 4 is 17.5 Å². The van der Waals surface area contributed by atoms with Gasteiger partial charge in [-0.15, -0.1) is 11.6 Å². The van der Waals surface area contributed by atoms with E-state index in [0.717, 1.165) is 39.0 Å². The number of piperidine rings is 1. The number of hydrogen-bond donors (Lipinski definition) is 0. The Bertz CT molecular complexity index is 465. The van der Waals surface area contributed by atoms with Gasteiger partial charge in [0.05, 0.1) is 5.38 Å². The summed E-state index contributed by atoms with van der Waals surface area (Å²) in [5, 5.41) is 0.00648. The van der Waals surface area contributed by atoms with Gasteiger partial charge in [0.1, 0.15) is 0 Å². The van der Waals surface area contributed by atoms with Gasteiger partial charge in [-0.2, -0.15) is 0 Å². The summed E-state index contributed by atoms with van der Waals surface area (Å²) < 4.78 is 0. The number of nitrogens with zero attached hydrogens (tertiary/aromatic N) is 2. The van der Waals surface area contributed by atoms with Crippen LogP contribution in [-0.2, 0) is 11.3 Å². The van der Waals surface area contributed by atoms with Crippen molar-refractivity contribution in [1.29, 1.82) is 0 Å². The second kappa shape index (κ2) is 6.15. The van der Waals surface area contributed by atoms with Crippen LogP contribution >= 0.6 is 11.6 Å². The van der Waals surface area contributed by atoms with Crippen molar-refractivity contribution in [3.05, 3.63) is 35.9 Å². The molecular formula is C16H21ClN2O. The van der Waals surface area contributed by atoms with Crippen molar-refractivity contribution < 1.29 is 4.79 Å². The van der Waals surface area contributed by atoms with Crippen molar-refractivity contribution in [3.8, 4) is 0 Å². The first-order valence-electron chi connectivity index (χ1n) is 7.42. The average Bonchev–Trinajstić information content (AvgIpc) is 2.79. The largest absolute Gasteiger partial charge is 0.337 e. The molecule has 2 fully saturated rings. The highest BCUT2D eigenvalue weighted by atomic mass is 35.5. The van der Waals surface area contributed by atoms with E-state index in [1.165, 1.54) is 5.56 Å². The number of halogens is 1. The molecule has 20 heavy (non-hydrogen) atoms. The van der Waals surface area contributed by atoms with Gasteiger partial charge in [-0.1, -0.05) is 30.3 Å². The summed E-state index contributed by atoms with van der Waals surface area (Å²) >= 11 is 6.11. The number of carbonyl (C=O) groups is 1. The molecule has 0 radical (unpaired) electrons. The highest BCUT2D eigenvalue weighted by molar-refractivity contribution is 6.22. The molecule has 0 saturated carbocycles. The Kier molecular flexibility index (Phi) is 4.27. The van der Waals surface area contributed by atoms with E-state index in [-0.39, 0.29) is 11.3 Å². The molecule has 0 aromatic heterocycles. The minimum absolute atomic E-state index is 0.00648. The lowest BCUT2D eigenvalue weighted by atomic mass is 10.0. The third kappa shape index (κ3) is 3.15. The van der Waals surface area contributed by atoms with Crippen LogP contribution in [0.15, 0.2) is 30.3 Å². The molecule has 2 saturated heterocycles. The Hall–Kier alpha value is -1.06. The monoisotopic (exact) mass is 292 g/mol. The third-order valence-corrected chi connectivity index (χ3v) is 4.57. The van der Waals surface area contributed by atoms with Gasteiger partial charge in [-0.3, -0.25) is 9.69 Å². The van der Waals surface area contributed by atoms with Crippen LogP contribution in [0.3, 0.4) is 0 Å². The zero-order valence-electron chi connectivity index (χ0n) is 11.7. The Morgan fingerprint density at radius 1 is 1.20 bits per heavy atom. The average molecular weight is 293 g/mol. The number of benzene rings is 1. The van der Waals surface area contributed by atoms with Gasteiger partial charge in [0.25, 0.3) is 0 Å². The lowest BCUT2D eigenvalue weighted by Gasteiger charge is -2.37. The second-order valence-electron chi connectivity index (χ2n) is 5.86. The highest BCUT2D eigenvalue weighted by Gasteiger charge is 2.35. The molecule has 0 N–H and O–H groups in total. The summed E-state index contributed by atoms with van der Waals surface area (Å²) in [5.41, 5.74) is 1.34. The summed E-state index contributed by atoms with van der Waals surface area (Å²) in [7, 11) is 0. The first-order chi connectivity index (χ1) is 9.72. The number of amides is 1. The van der Waals surface area contributed by atoms with Crippen LogP contribution in [0.25, 0.3) is 0 Å². The first-order valence-corrected chi connectivity index (χ1v) is 7.86. The number of rotatable bonds is 3. The lowest BCUT2D eigenvalue weighted by Crippen LogP contribution is -2.48. The Balaban J connectivity index is 1.61. The van der Waals surface area contributed by atoms with Gasteiger partial charge in [-0.05, 0) is 24.9 Å². The van der Waals surface area contributed by atoms with E-state index in [0.29, 0.717) is 12.5 Å². The summed E-state index contributed by atoms with van der Waals surface area (Å²) in [4.78, 5) is 16.4. The first kappa shape index (κ1) is 13.9. The van der Waals surface area contributed by atoms with Crippen LogP contribution in [0.1, 0.15) is 24.8 Å². The summed E-state index contributed by atoms with van der Waals surface area (Å²) in [6.07, 6.45) is 2.78. The Morgan fingerprint density at radius 2 is 2.00 bits per heavy atom. The molecule has 3 nitrogen and oxygen atoms in total. The maximum Gasteiger partial charge on any atom is 0.224 e. The number of carbonyl (C=O) groups excluding carboxylic acids is 1. The molecule has 1 aromatic rings. The molecule has 3 rings (SSSR count). The SMILES string of the molecule is O=C1CC(Cl)CN1C1CCCN(Cc2ccccc2)C1. The van der Waals surface area contributed by atoms with Crippen molar-refractivity contribution in [2.45, 2.75) is 37.2 Å². The molecule has 0 bridgehead atoms. The zero-order chi connectivity index (χ0) is 13.9. The van der Waals surface area contributed by atoms with Gasteiger partial charge in [0.2, 0.25) is 5.91 Å². The van der Waals surface area contributed by atoms with Crippen molar-refractivity contribution in [2.75, 3.05) is 19.6 Å². The standard InChI is InChI=1S/C16H21ClN2O/c17-14-9-16(20)19(11-14)15-7-4-8-18(12-15)10-13-5-2-1-3-6-13/h1-3,5-6,14-15H,4,7-12H2. The molecular weight excluding hydrogens is 272 g/mol. The maximum atomic E-state index is 12.0. The zero-order valence-corrected chi connectivity index (χ0v) is 12.4. The van der Waals surface area contributed by atoms with Crippen molar-refractivity contribution in [2.24, 2.45) is 0 Å². The van der Waals surface area contributed by atoms with E-state index >= 15 is 0 Å². The van der Waals surface area contributed by atoms with Gasteiger partial charge < -0.3 is 4.90 Å². The van der Waals surface area contributed by atoms with Crippen LogP contribution in [0.4, 0.5) is 0 Å². The van der Waals surface area contributed by atoms with Crippen LogP contribution in [0.5, 0.6) is 0 Å². The number of likely N-dealkylation sites (tertiary alicyclic amines) is 2. The molecule has 0 spiro atoms. The van der Waals surface area contributed by atoms with Crippen molar-refractivity contribution in [1.82, 2.24) is 9.80 Å². The maximum absolute atomic E-state index is 12.0. The Morgan fingerprint density at radius 3 is 2.70 bits per heavy atom. The molecule has 108 valence electrons. The Labute approximate surface area is 125 Å². The molecule has 2 unspecified atom stereocenters. The predicted octanol–water partition coefficient (Wildman–Crippen LogP) is 2.49. The fraction of sp³-hybridized carbons (Fsp3) is 0.562. The van der Waals surface area contributed by atoms with Crippen LogP contribution < -0.4 is 0 Å². The molecule has 2 aliphatic heterocycles. The summed E-state index contributed by atoms with van der Waals surface area (Å²) in [6.45, 7) is 3.80. The molecule has 1 amide bonds. The normalized spacial score (nSPS) is 28.1. The van der Waals surface area contributed by atoms with Crippen LogP contribution in [-0.4, -0.2) is 46.8 Å². The predicted molar refractivity (Wildman–Crippen MR) is 80.7 cm³/mol. The van der Waals surface area contributed by atoms with E-state index in [9.17, 15) is 4.79 Å². The third-order valence-electron chi connectivity index (χ3n) is 4.28. The molecule has 2 heterocycles. The highest BCUT2D eigenvalue weighted by Crippen LogP contribution is 2.24. The van der Waals surface area contributed by atoms with Gasteiger partial charge in [-0.25, -0.2) is 0 Å². The van der Waals surface area contributed by atoms with E-state index in [2.05, 4.69) is 29.2 Å². The number of alkyl halides is 1. The molecule has 1 aromatic carbocycles. The fourth-order valence-corrected chi connectivity index (χ4v) is 3.59. The second-order valence-corrected chi connectivity index (χ2v) is 6.48. The smallest absolute Gasteiger partial charge is 0.224 e. The molecule has 0 aliphatic carbocycles. The topological polar surface area (TPSA) is 23.6 Å². The molecule has 4 heteroatoms.